The zero-order valence-electron chi connectivity index (χ0n) is 9.00. The summed E-state index contributed by atoms with van der Waals surface area (Å²) in [5.74, 6) is -1.21. The van der Waals surface area contributed by atoms with Crippen LogP contribution < -0.4 is 4.74 Å². The second-order valence-electron chi connectivity index (χ2n) is 3.17. The third-order valence-electron chi connectivity index (χ3n) is 1.92. The molecule has 1 rings (SSSR count). The van der Waals surface area contributed by atoms with Crippen LogP contribution in [0.5, 0.6) is 5.88 Å². The molecule has 0 saturated carbocycles. The van der Waals surface area contributed by atoms with Crippen LogP contribution in [0.15, 0.2) is 6.07 Å². The fraction of sp³-hybridized carbons (Fsp3) is 0.300. The van der Waals surface area contributed by atoms with E-state index in [2.05, 4.69) is 9.72 Å². The summed E-state index contributed by atoms with van der Waals surface area (Å²) in [5.41, 5.74) is -2.02. The van der Waals surface area contributed by atoms with Crippen LogP contribution in [0.4, 0.5) is 22.0 Å². The Kier molecular flexibility index (Phi) is 4.22. The Morgan fingerprint density at radius 3 is 2.37 bits per heavy atom. The Labute approximate surface area is 103 Å². The van der Waals surface area contributed by atoms with Crippen molar-refractivity contribution < 1.29 is 26.7 Å². The van der Waals surface area contributed by atoms with E-state index in [9.17, 15) is 22.0 Å². The summed E-state index contributed by atoms with van der Waals surface area (Å²) < 4.78 is 64.7. The van der Waals surface area contributed by atoms with Gasteiger partial charge < -0.3 is 4.74 Å². The zero-order valence-corrected chi connectivity index (χ0v) is 9.00. The predicted molar refractivity (Wildman–Crippen MR) is 49.9 cm³/mol. The fourth-order valence-corrected chi connectivity index (χ4v) is 1.22. The summed E-state index contributed by atoms with van der Waals surface area (Å²) in [7, 11) is 0. The molecule has 0 aliphatic carbocycles. The van der Waals surface area contributed by atoms with Gasteiger partial charge >= 0.3 is 6.36 Å². The Bertz CT molecular complexity index is 556. The van der Waals surface area contributed by atoms with Crippen molar-refractivity contribution >= 4 is 0 Å². The van der Waals surface area contributed by atoms with Gasteiger partial charge in [-0.05, 0) is 6.07 Å². The highest BCUT2D eigenvalue weighted by Gasteiger charge is 2.34. The zero-order chi connectivity index (χ0) is 14.6. The number of pyridine rings is 1. The van der Waals surface area contributed by atoms with Gasteiger partial charge in [-0.15, -0.1) is 13.2 Å². The normalized spacial score (nSPS) is 10.9. The number of halogens is 5. The molecule has 0 atom stereocenters. The first-order chi connectivity index (χ1) is 8.78. The average molecular weight is 277 g/mol. The monoisotopic (exact) mass is 277 g/mol. The van der Waals surface area contributed by atoms with E-state index in [0.717, 1.165) is 0 Å². The van der Waals surface area contributed by atoms with E-state index < -0.39 is 41.9 Å². The van der Waals surface area contributed by atoms with Gasteiger partial charge in [0.1, 0.15) is 5.69 Å². The van der Waals surface area contributed by atoms with E-state index in [4.69, 9.17) is 10.5 Å². The molecule has 0 aliphatic rings. The minimum absolute atomic E-state index is 0.480. The summed E-state index contributed by atoms with van der Waals surface area (Å²) >= 11 is 0. The van der Waals surface area contributed by atoms with Crippen molar-refractivity contribution in [1.82, 2.24) is 4.98 Å². The molecule has 0 spiro atoms. The molecule has 1 aromatic heterocycles. The minimum atomic E-state index is -5.16. The average Bonchev–Trinajstić information content (AvgIpc) is 2.29. The topological polar surface area (TPSA) is 69.7 Å². The number of rotatable bonds is 3. The lowest BCUT2D eigenvalue weighted by molar-refractivity contribution is -0.276. The van der Waals surface area contributed by atoms with Crippen molar-refractivity contribution in [2.75, 3.05) is 0 Å². The SMILES string of the molecule is N#CCc1c(C#N)cc(C(F)F)nc1OC(F)(F)F. The minimum Gasteiger partial charge on any atom is -0.387 e. The van der Waals surface area contributed by atoms with Gasteiger partial charge in [0, 0.05) is 5.56 Å². The van der Waals surface area contributed by atoms with Crippen LogP contribution in [0, 0.1) is 22.7 Å². The number of ether oxygens (including phenoxy) is 1. The van der Waals surface area contributed by atoms with E-state index >= 15 is 0 Å². The van der Waals surface area contributed by atoms with Crippen LogP contribution in [0.3, 0.4) is 0 Å². The molecule has 0 unspecified atom stereocenters. The molecule has 0 amide bonds. The van der Waals surface area contributed by atoms with Crippen LogP contribution in [-0.2, 0) is 6.42 Å². The van der Waals surface area contributed by atoms with Gasteiger partial charge in [-0.25, -0.2) is 13.8 Å². The van der Waals surface area contributed by atoms with Gasteiger partial charge in [0.15, 0.2) is 0 Å². The second-order valence-corrected chi connectivity index (χ2v) is 3.17. The van der Waals surface area contributed by atoms with Gasteiger partial charge in [0.05, 0.1) is 24.1 Å². The van der Waals surface area contributed by atoms with Crippen LogP contribution in [0.25, 0.3) is 0 Å². The quantitative estimate of drug-likeness (QED) is 0.796. The highest BCUT2D eigenvalue weighted by Crippen LogP contribution is 2.30. The predicted octanol–water partition coefficient (Wildman–Crippen LogP) is 2.86. The first kappa shape index (κ1) is 14.6. The molecule has 4 nitrogen and oxygen atoms in total. The highest BCUT2D eigenvalue weighted by atomic mass is 19.4. The van der Waals surface area contributed by atoms with Crippen LogP contribution >= 0.6 is 0 Å². The van der Waals surface area contributed by atoms with Crippen LogP contribution in [0.2, 0.25) is 0 Å². The summed E-state index contributed by atoms with van der Waals surface area (Å²) in [6, 6.07) is 3.56. The lowest BCUT2D eigenvalue weighted by Gasteiger charge is -2.13. The van der Waals surface area contributed by atoms with Gasteiger partial charge in [-0.2, -0.15) is 10.5 Å². The molecule has 19 heavy (non-hydrogen) atoms. The third-order valence-corrected chi connectivity index (χ3v) is 1.92. The van der Waals surface area contributed by atoms with Crippen LogP contribution in [-0.4, -0.2) is 11.3 Å². The number of nitrogens with zero attached hydrogens (tertiary/aromatic N) is 3. The van der Waals surface area contributed by atoms with Crippen molar-refractivity contribution in [2.24, 2.45) is 0 Å². The maximum atomic E-state index is 12.4. The van der Waals surface area contributed by atoms with Gasteiger partial charge in [-0.1, -0.05) is 0 Å². The Morgan fingerprint density at radius 1 is 1.32 bits per heavy atom. The van der Waals surface area contributed by atoms with Crippen LogP contribution in [0.1, 0.15) is 23.2 Å². The molecular formula is C10H4F5N3O. The van der Waals surface area contributed by atoms with Crippen molar-refractivity contribution in [1.29, 1.82) is 10.5 Å². The maximum Gasteiger partial charge on any atom is 0.574 e. The fourth-order valence-electron chi connectivity index (χ4n) is 1.22. The van der Waals surface area contributed by atoms with E-state index in [-0.39, 0.29) is 0 Å². The molecule has 100 valence electrons. The molecule has 0 aliphatic heterocycles. The third kappa shape index (κ3) is 3.78. The van der Waals surface area contributed by atoms with Crippen molar-refractivity contribution in [2.45, 2.75) is 19.2 Å². The number of hydrogen-bond acceptors (Lipinski definition) is 4. The second kappa shape index (κ2) is 5.48. The molecule has 0 radical (unpaired) electrons. The molecule has 0 fully saturated rings. The Morgan fingerprint density at radius 2 is 1.95 bits per heavy atom. The molecule has 1 aromatic rings. The summed E-state index contributed by atoms with van der Waals surface area (Å²) in [6.07, 6.45) is -8.95. The van der Waals surface area contributed by atoms with Gasteiger partial charge in [-0.3, -0.25) is 0 Å². The van der Waals surface area contributed by atoms with E-state index in [1.165, 1.54) is 12.1 Å². The van der Waals surface area contributed by atoms with Crippen molar-refractivity contribution in [3.63, 3.8) is 0 Å². The number of alkyl halides is 5. The Balaban J connectivity index is 3.43. The summed E-state index contributed by atoms with van der Waals surface area (Å²) in [6.45, 7) is 0. The number of hydrogen-bond donors (Lipinski definition) is 0. The molecule has 0 bridgehead atoms. The molecule has 9 heteroatoms. The smallest absolute Gasteiger partial charge is 0.387 e. The van der Waals surface area contributed by atoms with Gasteiger partial charge in [0.25, 0.3) is 6.43 Å². The summed E-state index contributed by atoms with van der Waals surface area (Å²) in [5, 5.41) is 17.2. The summed E-state index contributed by atoms with van der Waals surface area (Å²) in [4.78, 5) is 2.99. The number of nitriles is 2. The molecule has 0 saturated heterocycles. The molecule has 1 heterocycles. The van der Waals surface area contributed by atoms with Crippen molar-refractivity contribution in [3.8, 4) is 18.0 Å². The molecule has 0 N–H and O–H groups in total. The van der Waals surface area contributed by atoms with Gasteiger partial charge in [0.2, 0.25) is 5.88 Å². The maximum absolute atomic E-state index is 12.4. The molecular weight excluding hydrogens is 273 g/mol. The largest absolute Gasteiger partial charge is 0.574 e. The van der Waals surface area contributed by atoms with E-state index in [1.54, 1.807) is 0 Å². The highest BCUT2D eigenvalue weighted by molar-refractivity contribution is 5.46. The first-order valence-electron chi connectivity index (χ1n) is 4.63. The van der Waals surface area contributed by atoms with E-state index in [1.807, 2.05) is 0 Å². The molecule has 0 aromatic carbocycles. The standard InChI is InChI=1S/C10H4F5N3O/c11-8(12)7-3-5(4-17)6(1-2-16)9(18-7)19-10(13,14)15/h3,8H,1H2. The Hall–Kier alpha value is -2.42. The van der Waals surface area contributed by atoms with E-state index in [0.29, 0.717) is 6.07 Å². The lowest BCUT2D eigenvalue weighted by Crippen LogP contribution is -2.20. The first-order valence-corrected chi connectivity index (χ1v) is 4.63. The number of aromatic nitrogens is 1. The lowest BCUT2D eigenvalue weighted by atomic mass is 10.1. The van der Waals surface area contributed by atoms with Crippen molar-refractivity contribution in [3.05, 3.63) is 22.9 Å².